The summed E-state index contributed by atoms with van der Waals surface area (Å²) in [5.41, 5.74) is 8.98. The Labute approximate surface area is 125 Å². The summed E-state index contributed by atoms with van der Waals surface area (Å²) in [4.78, 5) is 4.34. The van der Waals surface area contributed by atoms with Crippen molar-refractivity contribution in [3.63, 3.8) is 0 Å². The molecule has 0 saturated heterocycles. The predicted molar refractivity (Wildman–Crippen MR) is 80.8 cm³/mol. The van der Waals surface area contributed by atoms with Gasteiger partial charge in [-0.1, -0.05) is 31.2 Å². The van der Waals surface area contributed by atoms with Crippen molar-refractivity contribution < 1.29 is 4.74 Å². The minimum absolute atomic E-state index is 0.0540. The van der Waals surface area contributed by atoms with Crippen LogP contribution in [0, 0.1) is 0 Å². The van der Waals surface area contributed by atoms with E-state index in [4.69, 9.17) is 10.5 Å². The highest BCUT2D eigenvalue weighted by Gasteiger charge is 2.27. The number of hydrogen-bond acceptors (Lipinski definition) is 4. The molecular weight excluding hydrogens is 264 g/mol. The van der Waals surface area contributed by atoms with Crippen molar-refractivity contribution in [1.82, 2.24) is 14.8 Å². The van der Waals surface area contributed by atoms with Gasteiger partial charge in [0.1, 0.15) is 12.2 Å². The van der Waals surface area contributed by atoms with Gasteiger partial charge in [0.2, 0.25) is 0 Å². The maximum Gasteiger partial charge on any atom is 0.138 e. The van der Waals surface area contributed by atoms with Crippen molar-refractivity contribution in [2.45, 2.75) is 44.9 Å². The Hall–Kier alpha value is -1.72. The molecule has 2 heterocycles. The SMILES string of the molecule is CCCn1ncnc1CC(N)C1OCCc2ccccc21. The number of hydrogen-bond donors (Lipinski definition) is 1. The molecule has 0 aliphatic carbocycles. The van der Waals surface area contributed by atoms with Gasteiger partial charge >= 0.3 is 0 Å². The summed E-state index contributed by atoms with van der Waals surface area (Å²) in [6.07, 6.45) is 4.23. The van der Waals surface area contributed by atoms with Crippen LogP contribution in [-0.2, 0) is 24.1 Å². The van der Waals surface area contributed by atoms with Crippen LogP contribution in [0.3, 0.4) is 0 Å². The number of aryl methyl sites for hydroxylation is 1. The Morgan fingerprint density at radius 3 is 3.14 bits per heavy atom. The van der Waals surface area contributed by atoms with Crippen molar-refractivity contribution in [2.24, 2.45) is 5.73 Å². The molecule has 0 bridgehead atoms. The highest BCUT2D eigenvalue weighted by molar-refractivity contribution is 5.32. The molecule has 5 heteroatoms. The molecule has 3 rings (SSSR count). The number of benzene rings is 1. The molecule has 0 spiro atoms. The van der Waals surface area contributed by atoms with Crippen LogP contribution in [0.1, 0.15) is 36.4 Å². The fourth-order valence-corrected chi connectivity index (χ4v) is 2.94. The van der Waals surface area contributed by atoms with E-state index < -0.39 is 0 Å². The van der Waals surface area contributed by atoms with Crippen LogP contribution in [0.5, 0.6) is 0 Å². The first kappa shape index (κ1) is 14.2. The van der Waals surface area contributed by atoms with Crippen LogP contribution in [0.2, 0.25) is 0 Å². The minimum atomic E-state index is -0.105. The second-order valence-corrected chi connectivity index (χ2v) is 5.51. The van der Waals surface area contributed by atoms with Crippen LogP contribution in [0.4, 0.5) is 0 Å². The summed E-state index contributed by atoms with van der Waals surface area (Å²) < 4.78 is 7.87. The summed E-state index contributed by atoms with van der Waals surface area (Å²) in [5, 5.41) is 4.26. The Balaban J connectivity index is 1.77. The highest BCUT2D eigenvalue weighted by Crippen LogP contribution is 2.29. The summed E-state index contributed by atoms with van der Waals surface area (Å²) in [6, 6.07) is 8.30. The van der Waals surface area contributed by atoms with E-state index in [1.54, 1.807) is 6.33 Å². The van der Waals surface area contributed by atoms with E-state index in [2.05, 4.69) is 35.2 Å². The standard InChI is InChI=1S/C16H22N4O/c1-2-8-20-15(18-11-19-20)10-14(17)16-13-6-4-3-5-12(13)7-9-21-16/h3-6,11,14,16H,2,7-10,17H2,1H3. The first-order valence-electron chi connectivity index (χ1n) is 7.61. The van der Waals surface area contributed by atoms with Crippen molar-refractivity contribution in [3.05, 3.63) is 47.5 Å². The van der Waals surface area contributed by atoms with E-state index >= 15 is 0 Å². The third-order valence-corrected chi connectivity index (χ3v) is 3.97. The molecule has 2 unspecified atom stereocenters. The lowest BCUT2D eigenvalue weighted by atomic mass is 9.92. The maximum atomic E-state index is 6.41. The molecule has 21 heavy (non-hydrogen) atoms. The van der Waals surface area contributed by atoms with Crippen molar-refractivity contribution in [2.75, 3.05) is 6.61 Å². The second-order valence-electron chi connectivity index (χ2n) is 5.51. The first-order chi connectivity index (χ1) is 10.3. The molecule has 112 valence electrons. The van der Waals surface area contributed by atoms with Gasteiger partial charge in [0.05, 0.1) is 12.7 Å². The summed E-state index contributed by atoms with van der Waals surface area (Å²) in [5.74, 6) is 0.941. The number of rotatable bonds is 5. The minimum Gasteiger partial charge on any atom is -0.372 e. The lowest BCUT2D eigenvalue weighted by molar-refractivity contribution is 0.0240. The van der Waals surface area contributed by atoms with Gasteiger partial charge in [0.25, 0.3) is 0 Å². The molecule has 2 aromatic rings. The number of nitrogens with two attached hydrogens (primary N) is 1. The van der Waals surface area contributed by atoms with Crippen molar-refractivity contribution >= 4 is 0 Å². The Bertz CT molecular complexity index is 595. The van der Waals surface area contributed by atoms with Crippen LogP contribution in [-0.4, -0.2) is 27.4 Å². The van der Waals surface area contributed by atoms with Gasteiger partial charge < -0.3 is 10.5 Å². The zero-order chi connectivity index (χ0) is 14.7. The molecule has 2 N–H and O–H groups in total. The van der Waals surface area contributed by atoms with E-state index in [1.165, 1.54) is 11.1 Å². The lowest BCUT2D eigenvalue weighted by Gasteiger charge is -2.30. The fourth-order valence-electron chi connectivity index (χ4n) is 2.94. The van der Waals surface area contributed by atoms with E-state index in [0.29, 0.717) is 6.42 Å². The molecule has 2 atom stereocenters. The average Bonchev–Trinajstić information content (AvgIpc) is 2.94. The molecule has 1 aromatic heterocycles. The number of nitrogens with zero attached hydrogens (tertiary/aromatic N) is 3. The van der Waals surface area contributed by atoms with Gasteiger partial charge in [-0.3, -0.25) is 4.68 Å². The molecule has 5 nitrogen and oxygen atoms in total. The molecular formula is C16H22N4O. The van der Waals surface area contributed by atoms with E-state index in [9.17, 15) is 0 Å². The topological polar surface area (TPSA) is 66.0 Å². The second kappa shape index (κ2) is 6.37. The third kappa shape index (κ3) is 2.99. The zero-order valence-corrected chi connectivity index (χ0v) is 12.4. The molecule has 0 radical (unpaired) electrons. The van der Waals surface area contributed by atoms with Crippen molar-refractivity contribution in [3.8, 4) is 0 Å². The number of ether oxygens (including phenoxy) is 1. The van der Waals surface area contributed by atoms with E-state index in [1.807, 2.05) is 10.7 Å². The predicted octanol–water partition coefficient (Wildman–Crippen LogP) is 1.87. The lowest BCUT2D eigenvalue weighted by Crippen LogP contribution is -2.36. The smallest absolute Gasteiger partial charge is 0.138 e. The van der Waals surface area contributed by atoms with E-state index in [-0.39, 0.29) is 12.1 Å². The van der Waals surface area contributed by atoms with Gasteiger partial charge in [0, 0.05) is 19.0 Å². The molecule has 0 amide bonds. The Morgan fingerprint density at radius 2 is 2.29 bits per heavy atom. The van der Waals surface area contributed by atoms with Crippen LogP contribution in [0.15, 0.2) is 30.6 Å². The van der Waals surface area contributed by atoms with Gasteiger partial charge in [-0.05, 0) is 24.0 Å². The molecule has 0 saturated carbocycles. The third-order valence-electron chi connectivity index (χ3n) is 3.97. The Morgan fingerprint density at radius 1 is 1.43 bits per heavy atom. The van der Waals surface area contributed by atoms with Gasteiger partial charge in [-0.15, -0.1) is 0 Å². The van der Waals surface area contributed by atoms with Crippen LogP contribution in [0.25, 0.3) is 0 Å². The number of aromatic nitrogens is 3. The van der Waals surface area contributed by atoms with Gasteiger partial charge in [0.15, 0.2) is 0 Å². The average molecular weight is 286 g/mol. The van der Waals surface area contributed by atoms with Crippen LogP contribution >= 0.6 is 0 Å². The van der Waals surface area contributed by atoms with E-state index in [0.717, 1.165) is 31.8 Å². The quantitative estimate of drug-likeness (QED) is 0.911. The molecule has 1 aliphatic heterocycles. The molecule has 0 fully saturated rings. The zero-order valence-electron chi connectivity index (χ0n) is 12.4. The highest BCUT2D eigenvalue weighted by atomic mass is 16.5. The Kier molecular flexibility index (Phi) is 4.31. The van der Waals surface area contributed by atoms with Gasteiger partial charge in [-0.2, -0.15) is 5.10 Å². The molecule has 1 aliphatic rings. The molecule has 1 aromatic carbocycles. The summed E-state index contributed by atoms with van der Waals surface area (Å²) in [6.45, 7) is 3.74. The van der Waals surface area contributed by atoms with Gasteiger partial charge in [-0.25, -0.2) is 4.98 Å². The number of fused-ring (bicyclic) bond motifs is 1. The van der Waals surface area contributed by atoms with Crippen molar-refractivity contribution in [1.29, 1.82) is 0 Å². The summed E-state index contributed by atoms with van der Waals surface area (Å²) >= 11 is 0. The first-order valence-corrected chi connectivity index (χ1v) is 7.61. The largest absolute Gasteiger partial charge is 0.372 e. The monoisotopic (exact) mass is 286 g/mol. The normalized spacial score (nSPS) is 19.2. The van der Waals surface area contributed by atoms with Crippen LogP contribution < -0.4 is 5.73 Å². The fraction of sp³-hybridized carbons (Fsp3) is 0.500. The summed E-state index contributed by atoms with van der Waals surface area (Å²) in [7, 11) is 0. The maximum absolute atomic E-state index is 6.41.